The predicted octanol–water partition coefficient (Wildman–Crippen LogP) is 2.44. The number of hydrogen-bond acceptors (Lipinski definition) is 4. The fourth-order valence-corrected chi connectivity index (χ4v) is 3.55. The van der Waals surface area contributed by atoms with Gasteiger partial charge in [0.2, 0.25) is 10.0 Å². The lowest BCUT2D eigenvalue weighted by Gasteiger charge is -2.16. The molecule has 0 unspecified atom stereocenters. The molecule has 2 rings (SSSR count). The van der Waals surface area contributed by atoms with Crippen molar-refractivity contribution < 1.29 is 8.42 Å². The minimum absolute atomic E-state index is 0.0909. The first-order valence-electron chi connectivity index (χ1n) is 6.88. The summed E-state index contributed by atoms with van der Waals surface area (Å²) in [5.74, 6) is 1.49. The van der Waals surface area contributed by atoms with Crippen molar-refractivity contribution in [2.45, 2.75) is 25.7 Å². The van der Waals surface area contributed by atoms with Gasteiger partial charge in [-0.05, 0) is 37.8 Å². The van der Waals surface area contributed by atoms with Gasteiger partial charge in [-0.3, -0.25) is 4.72 Å². The zero-order valence-electron chi connectivity index (χ0n) is 11.4. The van der Waals surface area contributed by atoms with E-state index < -0.39 is 10.0 Å². The molecule has 1 aliphatic heterocycles. The molecule has 112 valence electrons. The van der Waals surface area contributed by atoms with Crippen molar-refractivity contribution >= 4 is 33.1 Å². The molecule has 1 aromatic heterocycles. The van der Waals surface area contributed by atoms with Crippen LogP contribution in [0.1, 0.15) is 25.7 Å². The van der Waals surface area contributed by atoms with Crippen LogP contribution >= 0.6 is 11.6 Å². The first-order valence-corrected chi connectivity index (χ1v) is 9.07. The highest BCUT2D eigenvalue weighted by Gasteiger charge is 2.14. The van der Waals surface area contributed by atoms with Gasteiger partial charge in [-0.25, -0.2) is 13.4 Å². The van der Waals surface area contributed by atoms with Crippen LogP contribution in [-0.4, -0.2) is 38.1 Å². The van der Waals surface area contributed by atoms with E-state index in [-0.39, 0.29) is 5.75 Å². The average Bonchev–Trinajstić information content (AvgIpc) is 2.93. The number of nitrogens with zero attached hydrogens (tertiary/aromatic N) is 2. The van der Waals surface area contributed by atoms with Crippen molar-refractivity contribution in [3.8, 4) is 0 Å². The van der Waals surface area contributed by atoms with Crippen LogP contribution in [0, 0.1) is 0 Å². The van der Waals surface area contributed by atoms with E-state index in [0.717, 1.165) is 18.9 Å². The summed E-state index contributed by atoms with van der Waals surface area (Å²) in [6.07, 6.45) is 5.23. The van der Waals surface area contributed by atoms with E-state index in [9.17, 15) is 8.42 Å². The highest BCUT2D eigenvalue weighted by Crippen LogP contribution is 2.19. The number of anilines is 2. The SMILES string of the molecule is O=S(=O)(CCCCCl)Nc1ccc(N2CCCC2)nc1. The molecule has 0 atom stereocenters. The quantitative estimate of drug-likeness (QED) is 0.620. The van der Waals surface area contributed by atoms with E-state index in [1.165, 1.54) is 12.8 Å². The number of nitrogens with one attached hydrogen (secondary N) is 1. The van der Waals surface area contributed by atoms with Crippen molar-refractivity contribution in [2.24, 2.45) is 0 Å². The van der Waals surface area contributed by atoms with Crippen LogP contribution in [0.25, 0.3) is 0 Å². The second kappa shape index (κ2) is 7.13. The van der Waals surface area contributed by atoms with E-state index >= 15 is 0 Å². The number of sulfonamides is 1. The van der Waals surface area contributed by atoms with Crippen LogP contribution in [0.15, 0.2) is 18.3 Å². The fraction of sp³-hybridized carbons (Fsp3) is 0.615. The number of unbranched alkanes of at least 4 members (excludes halogenated alkanes) is 1. The molecular formula is C13H20ClN3O2S. The number of rotatable bonds is 7. The summed E-state index contributed by atoms with van der Waals surface area (Å²) in [4.78, 5) is 6.53. The average molecular weight is 318 g/mol. The Morgan fingerprint density at radius 3 is 2.60 bits per heavy atom. The highest BCUT2D eigenvalue weighted by molar-refractivity contribution is 7.92. The van der Waals surface area contributed by atoms with Crippen LogP contribution in [0.5, 0.6) is 0 Å². The molecule has 0 bridgehead atoms. The molecule has 7 heteroatoms. The molecule has 1 N–H and O–H groups in total. The van der Waals surface area contributed by atoms with E-state index in [1.54, 1.807) is 12.3 Å². The second-order valence-electron chi connectivity index (χ2n) is 4.92. The lowest BCUT2D eigenvalue weighted by Crippen LogP contribution is -2.19. The monoisotopic (exact) mass is 317 g/mol. The summed E-state index contributed by atoms with van der Waals surface area (Å²) in [7, 11) is -3.30. The molecule has 1 fully saturated rings. The Morgan fingerprint density at radius 1 is 1.25 bits per heavy atom. The molecular weight excluding hydrogens is 298 g/mol. The Hall–Kier alpha value is -1.01. The lowest BCUT2D eigenvalue weighted by atomic mass is 10.4. The first kappa shape index (κ1) is 15.4. The molecule has 1 aliphatic rings. The van der Waals surface area contributed by atoms with E-state index in [2.05, 4.69) is 14.6 Å². The second-order valence-corrected chi connectivity index (χ2v) is 7.14. The smallest absolute Gasteiger partial charge is 0.232 e. The van der Waals surface area contributed by atoms with Gasteiger partial charge in [-0.15, -0.1) is 11.6 Å². The zero-order chi connectivity index (χ0) is 14.4. The summed E-state index contributed by atoms with van der Waals surface area (Å²) >= 11 is 5.54. The fourth-order valence-electron chi connectivity index (χ4n) is 2.20. The predicted molar refractivity (Wildman–Crippen MR) is 83.0 cm³/mol. The van der Waals surface area contributed by atoms with Crippen molar-refractivity contribution in [1.29, 1.82) is 0 Å². The van der Waals surface area contributed by atoms with Crippen molar-refractivity contribution in [1.82, 2.24) is 4.98 Å². The third-order valence-corrected chi connectivity index (χ3v) is 4.89. The van der Waals surface area contributed by atoms with Crippen LogP contribution < -0.4 is 9.62 Å². The normalized spacial score (nSPS) is 15.6. The third-order valence-electron chi connectivity index (χ3n) is 3.25. The summed E-state index contributed by atoms with van der Waals surface area (Å²) < 4.78 is 26.2. The molecule has 1 aromatic rings. The van der Waals surface area contributed by atoms with E-state index in [1.807, 2.05) is 6.07 Å². The number of halogens is 1. The van der Waals surface area contributed by atoms with Crippen molar-refractivity contribution in [3.05, 3.63) is 18.3 Å². The molecule has 0 aromatic carbocycles. The van der Waals surface area contributed by atoms with Gasteiger partial charge in [-0.2, -0.15) is 0 Å². The Morgan fingerprint density at radius 2 is 2.00 bits per heavy atom. The van der Waals surface area contributed by atoms with Gasteiger partial charge in [0.15, 0.2) is 0 Å². The van der Waals surface area contributed by atoms with Gasteiger partial charge in [0.05, 0.1) is 17.6 Å². The summed E-state index contributed by atoms with van der Waals surface area (Å²) in [6, 6.07) is 3.63. The van der Waals surface area contributed by atoms with Gasteiger partial charge < -0.3 is 4.90 Å². The Labute approximate surface area is 125 Å². The molecule has 2 heterocycles. The van der Waals surface area contributed by atoms with Crippen molar-refractivity contribution in [3.63, 3.8) is 0 Å². The molecule has 0 amide bonds. The van der Waals surface area contributed by atoms with Gasteiger partial charge in [-0.1, -0.05) is 0 Å². The molecule has 1 saturated heterocycles. The Bertz CT molecular complexity index is 513. The summed E-state index contributed by atoms with van der Waals surface area (Å²) in [5, 5.41) is 0. The van der Waals surface area contributed by atoms with Gasteiger partial charge in [0.1, 0.15) is 5.82 Å². The third kappa shape index (κ3) is 4.52. The minimum Gasteiger partial charge on any atom is -0.357 e. The van der Waals surface area contributed by atoms with Crippen LogP contribution in [0.3, 0.4) is 0 Å². The number of hydrogen-bond donors (Lipinski definition) is 1. The number of pyridine rings is 1. The molecule has 0 radical (unpaired) electrons. The maximum atomic E-state index is 11.8. The maximum Gasteiger partial charge on any atom is 0.232 e. The summed E-state index contributed by atoms with van der Waals surface area (Å²) in [5.41, 5.74) is 0.513. The summed E-state index contributed by atoms with van der Waals surface area (Å²) in [6.45, 7) is 2.05. The van der Waals surface area contributed by atoms with Crippen LogP contribution in [0.2, 0.25) is 0 Å². The molecule has 0 saturated carbocycles. The standard InChI is InChI=1S/C13H20ClN3O2S/c14-7-1-4-10-20(18,19)16-12-5-6-13(15-11-12)17-8-2-3-9-17/h5-6,11,16H,1-4,7-10H2. The zero-order valence-corrected chi connectivity index (χ0v) is 13.0. The molecule has 0 aliphatic carbocycles. The van der Waals surface area contributed by atoms with E-state index in [0.29, 0.717) is 24.4 Å². The highest BCUT2D eigenvalue weighted by atomic mass is 35.5. The van der Waals surface area contributed by atoms with Crippen LogP contribution in [-0.2, 0) is 10.0 Å². The molecule has 0 spiro atoms. The Balaban J connectivity index is 1.92. The largest absolute Gasteiger partial charge is 0.357 e. The number of alkyl halides is 1. The first-order chi connectivity index (χ1) is 9.61. The van der Waals surface area contributed by atoms with Crippen molar-refractivity contribution in [2.75, 3.05) is 34.3 Å². The molecule has 5 nitrogen and oxygen atoms in total. The lowest BCUT2D eigenvalue weighted by molar-refractivity contribution is 0.598. The van der Waals surface area contributed by atoms with Crippen LogP contribution in [0.4, 0.5) is 11.5 Å². The Kier molecular flexibility index (Phi) is 5.48. The van der Waals surface area contributed by atoms with E-state index in [4.69, 9.17) is 11.6 Å². The van der Waals surface area contributed by atoms with Gasteiger partial charge in [0.25, 0.3) is 0 Å². The number of aromatic nitrogens is 1. The topological polar surface area (TPSA) is 62.3 Å². The maximum absolute atomic E-state index is 11.8. The minimum atomic E-state index is -3.30. The van der Waals surface area contributed by atoms with Gasteiger partial charge in [0, 0.05) is 19.0 Å². The van der Waals surface area contributed by atoms with Gasteiger partial charge >= 0.3 is 0 Å². The molecule has 20 heavy (non-hydrogen) atoms.